The number of carbonyl (C=O) groups is 2. The third-order valence-electron chi connectivity index (χ3n) is 8.02. The number of nitriles is 1. The van der Waals surface area contributed by atoms with E-state index in [1.165, 1.54) is 24.4 Å². The lowest BCUT2D eigenvalue weighted by Gasteiger charge is -2.56. The number of amides is 1. The SMILES string of the molecule is COC(=O)c1cc2c(-c3ccc(N4CC5CC(C4)N5C(=O)OC(C)(C)C)nc3)c(C#N)cnc2n1S(=O)(=O)c1ccc(C)cc1. The Morgan fingerprint density at radius 1 is 1.02 bits per heavy atom. The van der Waals surface area contributed by atoms with Crippen molar-refractivity contribution in [1.29, 1.82) is 5.26 Å². The minimum atomic E-state index is -4.28. The van der Waals surface area contributed by atoms with Crippen LogP contribution >= 0.6 is 0 Å². The van der Waals surface area contributed by atoms with Crippen LogP contribution in [0.25, 0.3) is 22.2 Å². The number of esters is 1. The molecule has 7 rings (SSSR count). The van der Waals surface area contributed by atoms with Gasteiger partial charge in [-0.05, 0) is 64.4 Å². The van der Waals surface area contributed by atoms with E-state index in [1.807, 2.05) is 33.8 Å². The van der Waals surface area contributed by atoms with Crippen molar-refractivity contribution in [3.05, 3.63) is 71.7 Å². The van der Waals surface area contributed by atoms with Gasteiger partial charge in [0.25, 0.3) is 10.0 Å². The van der Waals surface area contributed by atoms with Crippen LogP contribution in [-0.4, -0.2) is 77.2 Å². The summed E-state index contributed by atoms with van der Waals surface area (Å²) < 4.78 is 39.1. The molecule has 232 valence electrons. The molecular formula is C32H32N6O6S. The number of ether oxygens (including phenoxy) is 2. The van der Waals surface area contributed by atoms with Crippen LogP contribution in [0.2, 0.25) is 0 Å². The number of pyridine rings is 2. The van der Waals surface area contributed by atoms with Gasteiger partial charge in [-0.15, -0.1) is 0 Å². The van der Waals surface area contributed by atoms with Gasteiger partial charge in [-0.3, -0.25) is 4.90 Å². The molecule has 6 heterocycles. The van der Waals surface area contributed by atoms with Crippen LogP contribution in [0.1, 0.15) is 48.8 Å². The number of rotatable bonds is 5. The maximum absolute atomic E-state index is 13.8. The lowest BCUT2D eigenvalue weighted by Crippen LogP contribution is -2.70. The zero-order valence-corrected chi connectivity index (χ0v) is 26.3. The molecular weight excluding hydrogens is 596 g/mol. The number of fused-ring (bicyclic) bond motifs is 3. The molecule has 3 aliphatic rings. The van der Waals surface area contributed by atoms with Crippen molar-refractivity contribution >= 4 is 38.9 Å². The fourth-order valence-corrected chi connectivity index (χ4v) is 7.41. The molecule has 0 spiro atoms. The Balaban J connectivity index is 1.36. The van der Waals surface area contributed by atoms with Crippen molar-refractivity contribution in [2.24, 2.45) is 0 Å². The van der Waals surface area contributed by atoms with Crippen LogP contribution in [0, 0.1) is 18.3 Å². The molecule has 0 aliphatic carbocycles. The van der Waals surface area contributed by atoms with Crippen molar-refractivity contribution in [1.82, 2.24) is 18.8 Å². The molecule has 3 saturated heterocycles. The van der Waals surface area contributed by atoms with E-state index in [0.717, 1.165) is 23.1 Å². The highest BCUT2D eigenvalue weighted by atomic mass is 32.2. The molecule has 0 radical (unpaired) electrons. The molecule has 3 fully saturated rings. The zero-order chi connectivity index (χ0) is 32.3. The van der Waals surface area contributed by atoms with Gasteiger partial charge in [0.05, 0.1) is 29.7 Å². The molecule has 2 unspecified atom stereocenters. The minimum absolute atomic E-state index is 0.0209. The highest BCUT2D eigenvalue weighted by molar-refractivity contribution is 7.90. The molecule has 12 nitrogen and oxygen atoms in total. The first kappa shape index (κ1) is 30.1. The molecule has 2 bridgehead atoms. The van der Waals surface area contributed by atoms with E-state index in [1.54, 1.807) is 29.3 Å². The monoisotopic (exact) mass is 628 g/mol. The summed E-state index contributed by atoms with van der Waals surface area (Å²) >= 11 is 0. The van der Waals surface area contributed by atoms with Gasteiger partial charge in [-0.25, -0.2) is 31.9 Å². The van der Waals surface area contributed by atoms with E-state index in [-0.39, 0.29) is 45.4 Å². The molecule has 3 aliphatic heterocycles. The van der Waals surface area contributed by atoms with Gasteiger partial charge in [0.2, 0.25) is 0 Å². The summed E-state index contributed by atoms with van der Waals surface area (Å²) in [5.74, 6) is -0.165. The van der Waals surface area contributed by atoms with Gasteiger partial charge in [0, 0.05) is 42.0 Å². The van der Waals surface area contributed by atoms with Gasteiger partial charge in [-0.1, -0.05) is 17.7 Å². The Kier molecular flexibility index (Phi) is 7.28. The number of piperazine rings is 1. The van der Waals surface area contributed by atoms with Crippen LogP contribution in [-0.2, 0) is 19.5 Å². The van der Waals surface area contributed by atoms with Crippen molar-refractivity contribution in [3.63, 3.8) is 0 Å². The third kappa shape index (κ3) is 5.25. The molecule has 45 heavy (non-hydrogen) atoms. The lowest BCUT2D eigenvalue weighted by atomic mass is 9.88. The summed E-state index contributed by atoms with van der Waals surface area (Å²) in [5, 5.41) is 10.3. The molecule has 4 aromatic rings. The number of anilines is 1. The lowest BCUT2D eigenvalue weighted by molar-refractivity contribution is -0.0380. The molecule has 0 N–H and O–H groups in total. The summed E-state index contributed by atoms with van der Waals surface area (Å²) in [5.41, 5.74) is 1.16. The quantitative estimate of drug-likeness (QED) is 0.289. The normalized spacial score (nSPS) is 17.9. The first-order valence-corrected chi connectivity index (χ1v) is 15.8. The van der Waals surface area contributed by atoms with Gasteiger partial charge < -0.3 is 14.4 Å². The topological polar surface area (TPSA) is 148 Å². The van der Waals surface area contributed by atoms with E-state index in [4.69, 9.17) is 9.47 Å². The number of hydrogen-bond donors (Lipinski definition) is 0. The Hall–Kier alpha value is -4.96. The Bertz CT molecular complexity index is 1960. The third-order valence-corrected chi connectivity index (χ3v) is 9.74. The molecule has 2 atom stereocenters. The summed E-state index contributed by atoms with van der Waals surface area (Å²) in [6.45, 7) is 8.59. The van der Waals surface area contributed by atoms with Crippen molar-refractivity contribution in [3.8, 4) is 17.2 Å². The fourth-order valence-electron chi connectivity index (χ4n) is 5.96. The molecule has 1 amide bonds. The largest absolute Gasteiger partial charge is 0.464 e. The maximum Gasteiger partial charge on any atom is 0.410 e. The molecule has 3 aromatic heterocycles. The molecule has 13 heteroatoms. The Labute approximate surface area is 260 Å². The van der Waals surface area contributed by atoms with Crippen molar-refractivity contribution in [2.45, 2.75) is 56.7 Å². The number of benzene rings is 1. The van der Waals surface area contributed by atoms with E-state index < -0.39 is 21.6 Å². The van der Waals surface area contributed by atoms with E-state index in [2.05, 4.69) is 20.9 Å². The van der Waals surface area contributed by atoms with Crippen LogP contribution in [0.4, 0.5) is 10.6 Å². The summed E-state index contributed by atoms with van der Waals surface area (Å²) in [6.07, 6.45) is 3.50. The molecule has 0 saturated carbocycles. The number of piperidine rings is 1. The van der Waals surface area contributed by atoms with Crippen LogP contribution < -0.4 is 4.90 Å². The van der Waals surface area contributed by atoms with Gasteiger partial charge in [0.1, 0.15) is 23.2 Å². The highest BCUT2D eigenvalue weighted by Gasteiger charge is 2.49. The number of aryl methyl sites for hydroxylation is 1. The van der Waals surface area contributed by atoms with Crippen LogP contribution in [0.3, 0.4) is 0 Å². The fraction of sp³-hybridized carbons (Fsp3) is 0.344. The number of aromatic nitrogens is 3. The maximum atomic E-state index is 13.8. The summed E-state index contributed by atoms with van der Waals surface area (Å²) in [4.78, 5) is 38.4. The van der Waals surface area contributed by atoms with Gasteiger partial charge in [-0.2, -0.15) is 5.26 Å². The van der Waals surface area contributed by atoms with Gasteiger partial charge in [0.15, 0.2) is 5.65 Å². The van der Waals surface area contributed by atoms with Gasteiger partial charge >= 0.3 is 12.1 Å². The van der Waals surface area contributed by atoms with Crippen LogP contribution in [0.15, 0.2) is 59.8 Å². The smallest absolute Gasteiger partial charge is 0.410 e. The average molecular weight is 629 g/mol. The summed E-state index contributed by atoms with van der Waals surface area (Å²) in [6, 6.07) is 13.4. The molecule has 1 aromatic carbocycles. The van der Waals surface area contributed by atoms with Crippen molar-refractivity contribution < 1.29 is 27.5 Å². The second-order valence-electron chi connectivity index (χ2n) is 12.2. The predicted octanol–water partition coefficient (Wildman–Crippen LogP) is 4.50. The van der Waals surface area contributed by atoms with E-state index >= 15 is 0 Å². The number of carbonyl (C=O) groups excluding carboxylic acids is 2. The van der Waals surface area contributed by atoms with Crippen LogP contribution in [0.5, 0.6) is 0 Å². The second kappa shape index (κ2) is 10.9. The first-order chi connectivity index (χ1) is 21.3. The number of nitrogens with zero attached hydrogens (tertiary/aromatic N) is 6. The second-order valence-corrected chi connectivity index (χ2v) is 14.0. The first-order valence-electron chi connectivity index (χ1n) is 14.4. The van der Waals surface area contributed by atoms with E-state index in [0.29, 0.717) is 30.0 Å². The number of methoxy groups -OCH3 is 1. The summed E-state index contributed by atoms with van der Waals surface area (Å²) in [7, 11) is -3.11. The highest BCUT2D eigenvalue weighted by Crippen LogP contribution is 2.38. The Morgan fingerprint density at radius 3 is 2.29 bits per heavy atom. The average Bonchev–Trinajstić information content (AvgIpc) is 3.40. The van der Waals surface area contributed by atoms with Crippen molar-refractivity contribution in [2.75, 3.05) is 25.1 Å². The van der Waals surface area contributed by atoms with E-state index in [9.17, 15) is 23.3 Å². The zero-order valence-electron chi connectivity index (χ0n) is 25.5. The minimum Gasteiger partial charge on any atom is -0.464 e. The number of hydrogen-bond acceptors (Lipinski definition) is 10. The predicted molar refractivity (Wildman–Crippen MR) is 165 cm³/mol. The Morgan fingerprint density at radius 2 is 1.71 bits per heavy atom. The standard InChI is InChI=1S/C32H32N6O6S/c1-19-6-9-24(10-7-19)45(41,42)38-26(30(39)43-5)13-25-28(21(14-33)16-35-29(25)38)20-8-11-27(34-15-20)36-17-22-12-23(18-36)37(22)31(40)44-32(2,3)4/h6-11,13,15-16,22-23H,12,17-18H2,1-5H3.